The van der Waals surface area contributed by atoms with Crippen LogP contribution < -0.4 is 10.1 Å². The van der Waals surface area contributed by atoms with Crippen LogP contribution in [0.3, 0.4) is 0 Å². The van der Waals surface area contributed by atoms with Gasteiger partial charge >= 0.3 is 0 Å². The fourth-order valence-corrected chi connectivity index (χ4v) is 1.18. The van der Waals surface area contributed by atoms with Crippen LogP contribution in [-0.4, -0.2) is 35.8 Å². The molecule has 0 radical (unpaired) electrons. The van der Waals surface area contributed by atoms with Crippen LogP contribution in [-0.2, 0) is 0 Å². The highest BCUT2D eigenvalue weighted by Crippen LogP contribution is 2.14. The zero-order valence-electron chi connectivity index (χ0n) is 9.43. The Bertz CT molecular complexity index is 355. The van der Waals surface area contributed by atoms with Gasteiger partial charge in [0.25, 0.3) is 5.91 Å². The summed E-state index contributed by atoms with van der Waals surface area (Å²) >= 11 is 0. The van der Waals surface area contributed by atoms with Gasteiger partial charge in [0.05, 0.1) is 25.0 Å². The van der Waals surface area contributed by atoms with Crippen LogP contribution in [0.15, 0.2) is 18.5 Å². The minimum absolute atomic E-state index is 0.237. The Morgan fingerprint density at radius 1 is 1.69 bits per heavy atom. The Kier molecular flexibility index (Phi) is 4.72. The predicted molar refractivity (Wildman–Crippen MR) is 59.4 cm³/mol. The van der Waals surface area contributed by atoms with Gasteiger partial charge in [-0.1, -0.05) is 6.92 Å². The minimum Gasteiger partial charge on any atom is -0.494 e. The Labute approximate surface area is 94.5 Å². The number of methoxy groups -OCH3 is 1. The summed E-state index contributed by atoms with van der Waals surface area (Å²) in [6.07, 6.45) is 3.09. The molecule has 0 saturated carbocycles. The van der Waals surface area contributed by atoms with E-state index in [-0.39, 0.29) is 12.5 Å². The van der Waals surface area contributed by atoms with E-state index in [9.17, 15) is 9.90 Å². The molecule has 0 spiro atoms. The van der Waals surface area contributed by atoms with Crippen molar-refractivity contribution in [3.63, 3.8) is 0 Å². The quantitative estimate of drug-likeness (QED) is 0.768. The Morgan fingerprint density at radius 2 is 2.44 bits per heavy atom. The summed E-state index contributed by atoms with van der Waals surface area (Å²) in [4.78, 5) is 15.6. The van der Waals surface area contributed by atoms with Gasteiger partial charge in [0.1, 0.15) is 5.75 Å². The zero-order chi connectivity index (χ0) is 12.0. The lowest BCUT2D eigenvalue weighted by molar-refractivity contribution is 0.0910. The van der Waals surface area contributed by atoms with E-state index in [0.717, 1.165) is 0 Å². The van der Waals surface area contributed by atoms with Crippen LogP contribution in [0.4, 0.5) is 0 Å². The molecule has 1 amide bonds. The van der Waals surface area contributed by atoms with Crippen molar-refractivity contribution in [3.8, 4) is 5.75 Å². The normalized spacial score (nSPS) is 11.9. The number of carbonyl (C=O) groups is 1. The molecule has 1 aromatic heterocycles. The number of amides is 1. The number of aromatic nitrogens is 1. The largest absolute Gasteiger partial charge is 0.494 e. The topological polar surface area (TPSA) is 71.5 Å². The standard InChI is InChI=1S/C11H16N2O3/c1-3-8(14)6-13-11(15)9-4-5-12-7-10(9)16-2/h4-5,7-8,14H,3,6H2,1-2H3,(H,13,15). The summed E-state index contributed by atoms with van der Waals surface area (Å²) in [6, 6.07) is 1.58. The van der Waals surface area contributed by atoms with Crippen LogP contribution >= 0.6 is 0 Å². The molecule has 0 saturated heterocycles. The lowest BCUT2D eigenvalue weighted by Crippen LogP contribution is -2.31. The van der Waals surface area contributed by atoms with Gasteiger partial charge in [0, 0.05) is 12.7 Å². The maximum Gasteiger partial charge on any atom is 0.255 e. The van der Waals surface area contributed by atoms with Crippen LogP contribution in [0.25, 0.3) is 0 Å². The third kappa shape index (κ3) is 3.20. The number of pyridine rings is 1. The summed E-state index contributed by atoms with van der Waals surface area (Å²) in [5, 5.41) is 11.9. The lowest BCUT2D eigenvalue weighted by atomic mass is 10.2. The lowest BCUT2D eigenvalue weighted by Gasteiger charge is -2.11. The van der Waals surface area contributed by atoms with Crippen LogP contribution in [0, 0.1) is 0 Å². The molecule has 88 valence electrons. The molecule has 0 aliphatic rings. The van der Waals surface area contributed by atoms with Crippen LogP contribution in [0.1, 0.15) is 23.7 Å². The van der Waals surface area contributed by atoms with Gasteiger partial charge in [0.15, 0.2) is 0 Å². The molecular weight excluding hydrogens is 208 g/mol. The highest BCUT2D eigenvalue weighted by Gasteiger charge is 2.12. The number of hydrogen-bond donors (Lipinski definition) is 2. The summed E-state index contributed by atoms with van der Waals surface area (Å²) in [6.45, 7) is 2.09. The Balaban J connectivity index is 2.65. The number of rotatable bonds is 5. The molecule has 0 bridgehead atoms. The van der Waals surface area contributed by atoms with Crippen molar-refractivity contribution in [1.29, 1.82) is 0 Å². The molecule has 1 aromatic rings. The van der Waals surface area contributed by atoms with Gasteiger partial charge in [-0.25, -0.2) is 0 Å². The fourth-order valence-electron chi connectivity index (χ4n) is 1.18. The van der Waals surface area contributed by atoms with Gasteiger partial charge in [-0.3, -0.25) is 9.78 Å². The van der Waals surface area contributed by atoms with Crippen molar-refractivity contribution >= 4 is 5.91 Å². The van der Waals surface area contributed by atoms with Crippen molar-refractivity contribution in [2.75, 3.05) is 13.7 Å². The highest BCUT2D eigenvalue weighted by molar-refractivity contribution is 5.96. The predicted octanol–water partition coefficient (Wildman–Crippen LogP) is 0.591. The molecule has 0 fully saturated rings. The molecule has 2 N–H and O–H groups in total. The second-order valence-electron chi connectivity index (χ2n) is 3.35. The fraction of sp³-hybridized carbons (Fsp3) is 0.455. The average molecular weight is 224 g/mol. The van der Waals surface area contributed by atoms with E-state index in [1.807, 2.05) is 6.92 Å². The Hall–Kier alpha value is -1.62. The van der Waals surface area contributed by atoms with Crippen LogP contribution in [0.2, 0.25) is 0 Å². The number of nitrogens with zero attached hydrogens (tertiary/aromatic N) is 1. The first-order valence-corrected chi connectivity index (χ1v) is 5.13. The average Bonchev–Trinajstić information content (AvgIpc) is 2.35. The number of carbonyl (C=O) groups excluding carboxylic acids is 1. The number of aliphatic hydroxyl groups is 1. The molecule has 0 aliphatic carbocycles. The van der Waals surface area contributed by atoms with E-state index in [4.69, 9.17) is 4.74 Å². The number of aliphatic hydroxyl groups excluding tert-OH is 1. The van der Waals surface area contributed by atoms with Crippen LogP contribution in [0.5, 0.6) is 5.75 Å². The van der Waals surface area contributed by atoms with Gasteiger partial charge in [-0.15, -0.1) is 0 Å². The van der Waals surface area contributed by atoms with E-state index >= 15 is 0 Å². The van der Waals surface area contributed by atoms with Crippen molar-refractivity contribution in [2.45, 2.75) is 19.4 Å². The molecule has 16 heavy (non-hydrogen) atoms. The van der Waals surface area contributed by atoms with E-state index in [1.54, 1.807) is 6.07 Å². The van der Waals surface area contributed by atoms with Crippen molar-refractivity contribution in [3.05, 3.63) is 24.0 Å². The summed E-state index contributed by atoms with van der Waals surface area (Å²) in [5.41, 5.74) is 0.417. The third-order valence-corrected chi connectivity index (χ3v) is 2.22. The summed E-state index contributed by atoms with van der Waals surface area (Å²) in [5.74, 6) is 0.151. The van der Waals surface area contributed by atoms with E-state index < -0.39 is 6.10 Å². The van der Waals surface area contributed by atoms with Crippen molar-refractivity contribution in [2.24, 2.45) is 0 Å². The second-order valence-corrected chi connectivity index (χ2v) is 3.35. The van der Waals surface area contributed by atoms with Gasteiger partial charge in [-0.2, -0.15) is 0 Å². The molecule has 1 unspecified atom stereocenters. The summed E-state index contributed by atoms with van der Waals surface area (Å²) < 4.78 is 5.01. The monoisotopic (exact) mass is 224 g/mol. The number of hydrogen-bond acceptors (Lipinski definition) is 4. The molecule has 0 aromatic carbocycles. The van der Waals surface area contributed by atoms with Gasteiger partial charge in [-0.05, 0) is 12.5 Å². The molecule has 1 heterocycles. The van der Waals surface area contributed by atoms with E-state index in [0.29, 0.717) is 17.7 Å². The van der Waals surface area contributed by atoms with E-state index in [1.165, 1.54) is 19.5 Å². The Morgan fingerprint density at radius 3 is 3.06 bits per heavy atom. The van der Waals surface area contributed by atoms with E-state index in [2.05, 4.69) is 10.3 Å². The minimum atomic E-state index is -0.517. The maximum atomic E-state index is 11.7. The molecular formula is C11H16N2O3. The highest BCUT2D eigenvalue weighted by atomic mass is 16.5. The zero-order valence-corrected chi connectivity index (χ0v) is 9.43. The molecule has 0 aliphatic heterocycles. The van der Waals surface area contributed by atoms with Gasteiger partial charge < -0.3 is 15.2 Å². The summed E-state index contributed by atoms with van der Waals surface area (Å²) in [7, 11) is 1.48. The maximum absolute atomic E-state index is 11.7. The smallest absolute Gasteiger partial charge is 0.255 e. The van der Waals surface area contributed by atoms with Crippen molar-refractivity contribution < 1.29 is 14.6 Å². The SMILES string of the molecule is CCC(O)CNC(=O)c1ccncc1OC. The first-order chi connectivity index (χ1) is 7.69. The third-order valence-electron chi connectivity index (χ3n) is 2.22. The second kappa shape index (κ2) is 6.07. The molecule has 1 atom stereocenters. The first kappa shape index (κ1) is 12.4. The number of nitrogens with one attached hydrogen (secondary N) is 1. The molecule has 5 nitrogen and oxygen atoms in total. The molecule has 1 rings (SSSR count). The van der Waals surface area contributed by atoms with Crippen molar-refractivity contribution in [1.82, 2.24) is 10.3 Å². The number of ether oxygens (including phenoxy) is 1. The molecule has 5 heteroatoms. The van der Waals surface area contributed by atoms with Gasteiger partial charge in [0.2, 0.25) is 0 Å². The first-order valence-electron chi connectivity index (χ1n) is 5.13.